The third-order valence-corrected chi connectivity index (χ3v) is 2.47. The number of ether oxygens (including phenoxy) is 1. The Morgan fingerprint density at radius 1 is 1.32 bits per heavy atom. The maximum Gasteiger partial charge on any atom is 0.274 e. The van der Waals surface area contributed by atoms with Gasteiger partial charge in [0.1, 0.15) is 17.8 Å². The van der Waals surface area contributed by atoms with Crippen molar-refractivity contribution in [2.75, 3.05) is 11.9 Å². The SMILES string of the molecule is CCOc1ccccc1NC(=O)c1cc(C)ncn1. The number of amides is 1. The number of rotatable bonds is 4. The molecule has 98 valence electrons. The number of aryl methyl sites for hydroxylation is 1. The standard InChI is InChI=1S/C14H15N3O2/c1-3-19-13-7-5-4-6-11(13)17-14(18)12-8-10(2)15-9-16-12/h4-9H,3H2,1-2H3,(H,17,18). The average molecular weight is 257 g/mol. The summed E-state index contributed by atoms with van der Waals surface area (Å²) in [6.07, 6.45) is 1.37. The summed E-state index contributed by atoms with van der Waals surface area (Å²) in [5, 5.41) is 2.78. The largest absolute Gasteiger partial charge is 0.492 e. The van der Waals surface area contributed by atoms with Crippen LogP contribution in [0, 0.1) is 6.92 Å². The molecule has 0 unspecified atom stereocenters. The molecule has 1 amide bonds. The Kier molecular flexibility index (Phi) is 4.07. The lowest BCUT2D eigenvalue weighted by Crippen LogP contribution is -2.15. The summed E-state index contributed by atoms with van der Waals surface area (Å²) >= 11 is 0. The second-order valence-electron chi connectivity index (χ2n) is 3.93. The van der Waals surface area contributed by atoms with Gasteiger partial charge in [0.2, 0.25) is 0 Å². The molecule has 19 heavy (non-hydrogen) atoms. The molecule has 0 aliphatic heterocycles. The first-order valence-corrected chi connectivity index (χ1v) is 6.02. The fourth-order valence-electron chi connectivity index (χ4n) is 1.62. The number of aromatic nitrogens is 2. The molecule has 1 N–H and O–H groups in total. The van der Waals surface area contributed by atoms with Crippen LogP contribution in [-0.2, 0) is 0 Å². The van der Waals surface area contributed by atoms with E-state index in [1.807, 2.05) is 32.0 Å². The number of hydrogen-bond donors (Lipinski definition) is 1. The van der Waals surface area contributed by atoms with E-state index in [1.54, 1.807) is 12.1 Å². The van der Waals surface area contributed by atoms with Gasteiger partial charge in [0.05, 0.1) is 12.3 Å². The lowest BCUT2D eigenvalue weighted by Gasteiger charge is -2.10. The molecule has 1 heterocycles. The molecule has 0 spiro atoms. The number of anilines is 1. The molecule has 0 fully saturated rings. The Bertz CT molecular complexity index is 584. The molecule has 2 aromatic rings. The van der Waals surface area contributed by atoms with Crippen LogP contribution in [0.1, 0.15) is 23.1 Å². The lowest BCUT2D eigenvalue weighted by molar-refractivity contribution is 0.102. The van der Waals surface area contributed by atoms with Crippen molar-refractivity contribution in [3.63, 3.8) is 0 Å². The van der Waals surface area contributed by atoms with Gasteiger partial charge in [-0.1, -0.05) is 12.1 Å². The van der Waals surface area contributed by atoms with Gasteiger partial charge < -0.3 is 10.1 Å². The van der Waals surface area contributed by atoms with Gasteiger partial charge in [0.15, 0.2) is 0 Å². The Labute approximate surface area is 111 Å². The van der Waals surface area contributed by atoms with Gasteiger partial charge in [-0.3, -0.25) is 4.79 Å². The van der Waals surface area contributed by atoms with E-state index in [0.29, 0.717) is 23.7 Å². The van der Waals surface area contributed by atoms with Crippen LogP contribution in [0.25, 0.3) is 0 Å². The average Bonchev–Trinajstić information content (AvgIpc) is 2.41. The van der Waals surface area contributed by atoms with E-state index in [0.717, 1.165) is 5.69 Å². The van der Waals surface area contributed by atoms with Crippen molar-refractivity contribution in [3.8, 4) is 5.75 Å². The third-order valence-electron chi connectivity index (χ3n) is 2.47. The predicted molar refractivity (Wildman–Crippen MR) is 72.3 cm³/mol. The van der Waals surface area contributed by atoms with Crippen LogP contribution in [-0.4, -0.2) is 22.5 Å². The van der Waals surface area contributed by atoms with E-state index >= 15 is 0 Å². The third kappa shape index (κ3) is 3.28. The Morgan fingerprint density at radius 2 is 2.11 bits per heavy atom. The van der Waals surface area contributed by atoms with Crippen molar-refractivity contribution in [3.05, 3.63) is 48.0 Å². The first kappa shape index (κ1) is 13.0. The predicted octanol–water partition coefficient (Wildman–Crippen LogP) is 2.44. The molecule has 1 aromatic carbocycles. The first-order valence-electron chi connectivity index (χ1n) is 6.02. The smallest absolute Gasteiger partial charge is 0.274 e. The Hall–Kier alpha value is -2.43. The summed E-state index contributed by atoms with van der Waals surface area (Å²) in [5.41, 5.74) is 1.71. The monoisotopic (exact) mass is 257 g/mol. The van der Waals surface area contributed by atoms with Gasteiger partial charge in [0.25, 0.3) is 5.91 Å². The molecular formula is C14H15N3O2. The van der Waals surface area contributed by atoms with Gasteiger partial charge >= 0.3 is 0 Å². The maximum absolute atomic E-state index is 12.1. The van der Waals surface area contributed by atoms with E-state index in [2.05, 4.69) is 15.3 Å². The van der Waals surface area contributed by atoms with Crippen molar-refractivity contribution in [2.24, 2.45) is 0 Å². The van der Waals surface area contributed by atoms with Crippen LogP contribution >= 0.6 is 0 Å². The number of nitrogens with one attached hydrogen (secondary N) is 1. The summed E-state index contributed by atoms with van der Waals surface area (Å²) in [5.74, 6) is 0.363. The van der Waals surface area contributed by atoms with Crippen LogP contribution in [0.3, 0.4) is 0 Å². The van der Waals surface area contributed by atoms with E-state index in [-0.39, 0.29) is 5.91 Å². The molecule has 0 aliphatic rings. The first-order chi connectivity index (χ1) is 9.20. The number of benzene rings is 1. The molecule has 0 saturated carbocycles. The van der Waals surface area contributed by atoms with Crippen molar-refractivity contribution in [1.82, 2.24) is 9.97 Å². The van der Waals surface area contributed by atoms with Gasteiger partial charge in [-0.15, -0.1) is 0 Å². The fourth-order valence-corrected chi connectivity index (χ4v) is 1.62. The zero-order valence-electron chi connectivity index (χ0n) is 10.9. The highest BCUT2D eigenvalue weighted by atomic mass is 16.5. The van der Waals surface area contributed by atoms with Gasteiger partial charge in [-0.05, 0) is 32.0 Å². The van der Waals surface area contributed by atoms with Crippen molar-refractivity contribution < 1.29 is 9.53 Å². The topological polar surface area (TPSA) is 64.1 Å². The van der Waals surface area contributed by atoms with E-state index in [4.69, 9.17) is 4.74 Å². The van der Waals surface area contributed by atoms with E-state index in [9.17, 15) is 4.79 Å². The summed E-state index contributed by atoms with van der Waals surface area (Å²) in [7, 11) is 0. The lowest BCUT2D eigenvalue weighted by atomic mass is 10.2. The number of hydrogen-bond acceptors (Lipinski definition) is 4. The van der Waals surface area contributed by atoms with Crippen LogP contribution in [0.5, 0.6) is 5.75 Å². The van der Waals surface area contributed by atoms with E-state index < -0.39 is 0 Å². The Morgan fingerprint density at radius 3 is 2.84 bits per heavy atom. The Balaban J connectivity index is 2.19. The molecule has 5 nitrogen and oxygen atoms in total. The fraction of sp³-hybridized carbons (Fsp3) is 0.214. The van der Waals surface area contributed by atoms with Crippen LogP contribution < -0.4 is 10.1 Å². The van der Waals surface area contributed by atoms with Crippen LogP contribution in [0.15, 0.2) is 36.7 Å². The van der Waals surface area contributed by atoms with Crippen molar-refractivity contribution in [2.45, 2.75) is 13.8 Å². The molecule has 0 atom stereocenters. The van der Waals surface area contributed by atoms with Gasteiger partial charge in [-0.25, -0.2) is 9.97 Å². The number of carbonyl (C=O) groups is 1. The maximum atomic E-state index is 12.1. The summed E-state index contributed by atoms with van der Waals surface area (Å²) in [4.78, 5) is 20.0. The van der Waals surface area contributed by atoms with Gasteiger partial charge in [-0.2, -0.15) is 0 Å². The minimum Gasteiger partial charge on any atom is -0.492 e. The zero-order chi connectivity index (χ0) is 13.7. The van der Waals surface area contributed by atoms with Crippen LogP contribution in [0.4, 0.5) is 5.69 Å². The molecule has 0 saturated heterocycles. The van der Waals surface area contributed by atoms with Crippen molar-refractivity contribution >= 4 is 11.6 Å². The second kappa shape index (κ2) is 5.95. The van der Waals surface area contributed by atoms with Crippen molar-refractivity contribution in [1.29, 1.82) is 0 Å². The highest BCUT2D eigenvalue weighted by molar-refractivity contribution is 6.03. The number of para-hydroxylation sites is 2. The zero-order valence-corrected chi connectivity index (χ0v) is 10.9. The van der Waals surface area contributed by atoms with Gasteiger partial charge in [0, 0.05) is 5.69 Å². The summed E-state index contributed by atoms with van der Waals surface area (Å²) in [6.45, 7) is 4.25. The molecular weight excluding hydrogens is 242 g/mol. The van der Waals surface area contributed by atoms with Crippen LogP contribution in [0.2, 0.25) is 0 Å². The highest BCUT2D eigenvalue weighted by Gasteiger charge is 2.10. The minimum atomic E-state index is -0.280. The minimum absolute atomic E-state index is 0.280. The molecule has 2 rings (SSSR count). The molecule has 5 heteroatoms. The normalized spacial score (nSPS) is 10.0. The summed E-state index contributed by atoms with van der Waals surface area (Å²) < 4.78 is 5.45. The molecule has 0 aliphatic carbocycles. The molecule has 1 aromatic heterocycles. The molecule has 0 radical (unpaired) electrons. The summed E-state index contributed by atoms with van der Waals surface area (Å²) in [6, 6.07) is 8.93. The van der Waals surface area contributed by atoms with E-state index in [1.165, 1.54) is 6.33 Å². The quantitative estimate of drug-likeness (QED) is 0.913. The molecule has 0 bridgehead atoms. The second-order valence-corrected chi connectivity index (χ2v) is 3.93. The highest BCUT2D eigenvalue weighted by Crippen LogP contribution is 2.24. The number of carbonyl (C=O) groups excluding carboxylic acids is 1. The number of nitrogens with zero attached hydrogens (tertiary/aromatic N) is 2.